The van der Waals surface area contributed by atoms with Crippen LogP contribution < -0.4 is 15.0 Å². The Kier molecular flexibility index (Phi) is 7.62. The van der Waals surface area contributed by atoms with Crippen molar-refractivity contribution in [2.75, 3.05) is 23.4 Å². The molecule has 0 aliphatic carbocycles. The van der Waals surface area contributed by atoms with Gasteiger partial charge in [-0.3, -0.25) is 14.4 Å². The van der Waals surface area contributed by atoms with Crippen molar-refractivity contribution < 1.29 is 23.9 Å². The fourth-order valence-electron chi connectivity index (χ4n) is 4.25. The molecule has 1 aliphatic heterocycles. The van der Waals surface area contributed by atoms with Gasteiger partial charge < -0.3 is 19.7 Å². The first-order valence-electron chi connectivity index (χ1n) is 11.8. The predicted octanol–water partition coefficient (Wildman–Crippen LogP) is 6.58. The molecule has 1 heterocycles. The average molecular weight is 594 g/mol. The van der Waals surface area contributed by atoms with E-state index >= 15 is 0 Å². The number of nitrogens with one attached hydrogen (secondary N) is 1. The van der Waals surface area contributed by atoms with Crippen LogP contribution in [0.4, 0.5) is 11.4 Å². The number of hydrogen-bond acceptors (Lipinski definition) is 5. The molecule has 7 nitrogen and oxygen atoms in total. The van der Waals surface area contributed by atoms with Gasteiger partial charge in [-0.05, 0) is 69.8 Å². The number of anilines is 2. The van der Waals surface area contributed by atoms with Crippen LogP contribution in [-0.4, -0.2) is 30.9 Å². The third-order valence-corrected chi connectivity index (χ3v) is 7.37. The highest BCUT2D eigenvalue weighted by Crippen LogP contribution is 2.32. The summed E-state index contributed by atoms with van der Waals surface area (Å²) >= 11 is 9.31. The topological polar surface area (TPSA) is 84.9 Å². The molecule has 4 aromatic carbocycles. The zero-order valence-corrected chi connectivity index (χ0v) is 22.4. The summed E-state index contributed by atoms with van der Waals surface area (Å²) in [6.07, 6.45) is 0.0109. The van der Waals surface area contributed by atoms with Crippen molar-refractivity contribution in [3.63, 3.8) is 0 Å². The third kappa shape index (κ3) is 5.82. The maximum Gasteiger partial charge on any atom is 0.311 e. The molecule has 1 fully saturated rings. The molecule has 0 bridgehead atoms. The Labute approximate surface area is 232 Å². The summed E-state index contributed by atoms with van der Waals surface area (Å²) in [7, 11) is 0. The van der Waals surface area contributed by atoms with Gasteiger partial charge in [-0.1, -0.05) is 48.0 Å². The van der Waals surface area contributed by atoms with Crippen molar-refractivity contribution in [2.45, 2.75) is 6.42 Å². The van der Waals surface area contributed by atoms with Crippen LogP contribution in [0, 0.1) is 5.92 Å². The minimum absolute atomic E-state index is 0.0109. The molecule has 1 aliphatic rings. The van der Waals surface area contributed by atoms with Crippen molar-refractivity contribution >= 4 is 67.5 Å². The Morgan fingerprint density at radius 2 is 1.76 bits per heavy atom. The molecule has 0 unspecified atom stereocenters. The van der Waals surface area contributed by atoms with Crippen molar-refractivity contribution in [3.8, 4) is 11.5 Å². The highest BCUT2D eigenvalue weighted by Gasteiger charge is 2.36. The molecule has 4 aromatic rings. The lowest BCUT2D eigenvalue weighted by Crippen LogP contribution is -2.28. The fraction of sp³-hybridized carbons (Fsp3) is 0.138. The van der Waals surface area contributed by atoms with Crippen LogP contribution in [0.5, 0.6) is 11.5 Å². The van der Waals surface area contributed by atoms with E-state index in [0.29, 0.717) is 26.6 Å². The lowest BCUT2D eigenvalue weighted by Gasteiger charge is -2.17. The Balaban J connectivity index is 1.16. The summed E-state index contributed by atoms with van der Waals surface area (Å²) < 4.78 is 12.0. The molecule has 0 radical (unpaired) electrons. The highest BCUT2D eigenvalue weighted by atomic mass is 79.9. The largest absolute Gasteiger partial charge is 0.457 e. The first-order chi connectivity index (χ1) is 18.4. The number of benzene rings is 4. The van der Waals surface area contributed by atoms with E-state index in [2.05, 4.69) is 21.2 Å². The number of carbonyl (C=O) groups excluding carboxylic acids is 3. The molecule has 0 aromatic heterocycles. The van der Waals surface area contributed by atoms with Crippen molar-refractivity contribution in [1.82, 2.24) is 0 Å². The number of halogens is 2. The quantitative estimate of drug-likeness (QED) is 0.245. The normalized spacial score (nSPS) is 14.9. The SMILES string of the molecule is O=C(COC(=O)[C@H]1CC(=O)N(c2ccc(Oc3cccc4ccccc34)cc2)C1)Nc1ccc(Br)c(Cl)c1. The fourth-order valence-corrected chi connectivity index (χ4v) is 4.67. The molecule has 0 spiro atoms. The standard InChI is InChI=1S/C29H22BrClN2O5/c30-24-13-8-20(15-25(24)31)32-27(34)17-37-29(36)19-14-28(35)33(16-19)21-9-11-22(12-10-21)38-26-7-3-5-18-4-1-2-6-23(18)26/h1-13,15,19H,14,16-17H2,(H,32,34)/t19-/m0/s1. The zero-order chi connectivity index (χ0) is 26.6. The summed E-state index contributed by atoms with van der Waals surface area (Å²) in [5, 5.41) is 5.15. The zero-order valence-electron chi connectivity index (χ0n) is 20.0. The molecule has 1 atom stereocenters. The number of amides is 2. The Bertz CT molecular complexity index is 1520. The van der Waals surface area contributed by atoms with E-state index in [1.54, 1.807) is 42.5 Å². The predicted molar refractivity (Wildman–Crippen MR) is 150 cm³/mol. The molecule has 1 N–H and O–H groups in total. The van der Waals surface area contributed by atoms with Gasteiger partial charge in [0.25, 0.3) is 5.91 Å². The van der Waals surface area contributed by atoms with E-state index in [1.807, 2.05) is 42.5 Å². The summed E-state index contributed by atoms with van der Waals surface area (Å²) in [5.41, 5.74) is 1.13. The van der Waals surface area contributed by atoms with Crippen molar-refractivity contribution in [2.24, 2.45) is 5.92 Å². The van der Waals surface area contributed by atoms with Gasteiger partial charge in [0.1, 0.15) is 11.5 Å². The van der Waals surface area contributed by atoms with Gasteiger partial charge in [-0.25, -0.2) is 0 Å². The van der Waals surface area contributed by atoms with Gasteiger partial charge >= 0.3 is 5.97 Å². The minimum Gasteiger partial charge on any atom is -0.457 e. The first kappa shape index (κ1) is 25.8. The Hall–Kier alpha value is -3.88. The molecule has 38 heavy (non-hydrogen) atoms. The van der Waals surface area contributed by atoms with Crippen LogP contribution in [0.2, 0.25) is 5.02 Å². The monoisotopic (exact) mass is 592 g/mol. The molecular formula is C29H22BrClN2O5. The number of ether oxygens (including phenoxy) is 2. The summed E-state index contributed by atoms with van der Waals surface area (Å²) in [4.78, 5) is 38.9. The number of rotatable bonds is 7. The number of fused-ring (bicyclic) bond motifs is 1. The van der Waals surface area contributed by atoms with Crippen LogP contribution >= 0.6 is 27.5 Å². The highest BCUT2D eigenvalue weighted by molar-refractivity contribution is 9.10. The van der Waals surface area contributed by atoms with Crippen LogP contribution in [0.1, 0.15) is 6.42 Å². The maximum absolute atomic E-state index is 12.6. The van der Waals surface area contributed by atoms with Crippen molar-refractivity contribution in [3.05, 3.63) is 94.4 Å². The maximum atomic E-state index is 12.6. The third-order valence-electron chi connectivity index (χ3n) is 6.13. The van der Waals surface area contributed by atoms with Crippen LogP contribution in [-0.2, 0) is 19.1 Å². The molecule has 192 valence electrons. The number of hydrogen-bond donors (Lipinski definition) is 1. The summed E-state index contributed by atoms with van der Waals surface area (Å²) in [5.74, 6) is -0.581. The van der Waals surface area contributed by atoms with Gasteiger partial charge in [-0.2, -0.15) is 0 Å². The van der Waals surface area contributed by atoms with E-state index in [9.17, 15) is 14.4 Å². The lowest BCUT2D eigenvalue weighted by molar-refractivity contribution is -0.151. The van der Waals surface area contributed by atoms with Gasteiger partial charge in [0, 0.05) is 34.2 Å². The smallest absolute Gasteiger partial charge is 0.311 e. The Morgan fingerprint density at radius 3 is 2.55 bits per heavy atom. The molecule has 0 saturated carbocycles. The molecular weight excluding hydrogens is 572 g/mol. The van der Waals surface area contributed by atoms with E-state index in [-0.39, 0.29) is 18.9 Å². The lowest BCUT2D eigenvalue weighted by atomic mass is 10.1. The summed E-state index contributed by atoms with van der Waals surface area (Å²) in [6, 6.07) is 25.9. The van der Waals surface area contributed by atoms with E-state index in [4.69, 9.17) is 21.1 Å². The molecule has 1 saturated heterocycles. The minimum atomic E-state index is -0.663. The van der Waals surface area contributed by atoms with Crippen LogP contribution in [0.3, 0.4) is 0 Å². The van der Waals surface area contributed by atoms with Gasteiger partial charge in [0.15, 0.2) is 6.61 Å². The number of nitrogens with zero attached hydrogens (tertiary/aromatic N) is 1. The van der Waals surface area contributed by atoms with Crippen LogP contribution in [0.25, 0.3) is 10.8 Å². The van der Waals surface area contributed by atoms with E-state index in [1.165, 1.54) is 4.90 Å². The molecule has 9 heteroatoms. The number of carbonyl (C=O) groups is 3. The second-order valence-corrected chi connectivity index (χ2v) is 10.0. The molecule has 5 rings (SSSR count). The Morgan fingerprint density at radius 1 is 1.00 bits per heavy atom. The second kappa shape index (κ2) is 11.2. The van der Waals surface area contributed by atoms with Gasteiger partial charge in [0.2, 0.25) is 5.91 Å². The van der Waals surface area contributed by atoms with Gasteiger partial charge in [-0.15, -0.1) is 0 Å². The summed E-state index contributed by atoms with van der Waals surface area (Å²) in [6.45, 7) is -0.289. The van der Waals surface area contributed by atoms with E-state index in [0.717, 1.165) is 16.5 Å². The van der Waals surface area contributed by atoms with Crippen molar-refractivity contribution in [1.29, 1.82) is 0 Å². The average Bonchev–Trinajstić information content (AvgIpc) is 3.31. The van der Waals surface area contributed by atoms with Crippen LogP contribution in [0.15, 0.2) is 89.4 Å². The number of esters is 1. The van der Waals surface area contributed by atoms with Gasteiger partial charge in [0.05, 0.1) is 10.9 Å². The van der Waals surface area contributed by atoms with E-state index < -0.39 is 24.4 Å². The first-order valence-corrected chi connectivity index (χ1v) is 13.0. The molecule has 2 amide bonds. The second-order valence-electron chi connectivity index (χ2n) is 8.76.